The molecule has 1 fully saturated rings. The van der Waals surface area contributed by atoms with Crippen molar-refractivity contribution >= 4 is 5.97 Å². The molecule has 0 aromatic carbocycles. The van der Waals surface area contributed by atoms with E-state index in [9.17, 15) is 4.79 Å². The van der Waals surface area contributed by atoms with E-state index in [1.807, 2.05) is 6.92 Å². The van der Waals surface area contributed by atoms with Crippen molar-refractivity contribution in [2.75, 3.05) is 0 Å². The van der Waals surface area contributed by atoms with Crippen molar-refractivity contribution in [2.45, 2.75) is 58.7 Å². The van der Waals surface area contributed by atoms with E-state index in [0.717, 1.165) is 18.8 Å². The first kappa shape index (κ1) is 12.5. The Morgan fingerprint density at radius 2 is 2.07 bits per heavy atom. The smallest absolute Gasteiger partial charge is 0.305 e. The average molecular weight is 214 g/mol. The molecule has 15 heavy (non-hydrogen) atoms. The summed E-state index contributed by atoms with van der Waals surface area (Å²) in [6.45, 7) is 6.38. The maximum Gasteiger partial charge on any atom is 0.305 e. The van der Waals surface area contributed by atoms with Crippen LogP contribution >= 0.6 is 0 Å². The predicted octanol–water partition coefficient (Wildman–Crippen LogP) is 2.69. The molecule has 0 aromatic rings. The van der Waals surface area contributed by atoms with Gasteiger partial charge in [-0.3, -0.25) is 4.79 Å². The highest BCUT2D eigenvalue weighted by Gasteiger charge is 2.26. The summed E-state index contributed by atoms with van der Waals surface area (Å²) < 4.78 is 5.74. The molecule has 3 unspecified atom stereocenters. The van der Waals surface area contributed by atoms with Gasteiger partial charge in [-0.25, -0.2) is 0 Å². The molecule has 0 spiro atoms. The van der Waals surface area contributed by atoms with Gasteiger partial charge in [0.05, 0.1) is 18.6 Å². The minimum absolute atomic E-state index is 0.112. The van der Waals surface area contributed by atoms with Crippen LogP contribution in [0.5, 0.6) is 0 Å². The molecule has 0 heterocycles. The maximum absolute atomic E-state index is 10.5. The van der Waals surface area contributed by atoms with Gasteiger partial charge in [-0.2, -0.15) is 0 Å². The second kappa shape index (κ2) is 5.50. The minimum Gasteiger partial charge on any atom is -0.481 e. The third-order valence-corrected chi connectivity index (χ3v) is 3.44. The second-order valence-corrected chi connectivity index (χ2v) is 4.93. The highest BCUT2D eigenvalue weighted by Crippen LogP contribution is 2.31. The maximum atomic E-state index is 10.5. The summed E-state index contributed by atoms with van der Waals surface area (Å²) in [7, 11) is 0. The largest absolute Gasteiger partial charge is 0.481 e. The zero-order valence-electron chi connectivity index (χ0n) is 9.90. The van der Waals surface area contributed by atoms with Crippen molar-refractivity contribution < 1.29 is 14.6 Å². The van der Waals surface area contributed by atoms with Crippen LogP contribution in [0.4, 0.5) is 0 Å². The Morgan fingerprint density at radius 1 is 1.40 bits per heavy atom. The molecule has 3 nitrogen and oxygen atoms in total. The molecule has 0 aliphatic heterocycles. The molecule has 0 bridgehead atoms. The van der Waals surface area contributed by atoms with Gasteiger partial charge in [0.2, 0.25) is 0 Å². The zero-order chi connectivity index (χ0) is 11.4. The first-order valence-corrected chi connectivity index (χ1v) is 5.86. The monoisotopic (exact) mass is 214 g/mol. The quantitative estimate of drug-likeness (QED) is 0.782. The third kappa shape index (κ3) is 4.20. The SMILES string of the molecule is CC1CCC(O[C@H](C)CC(=O)O)CC1C. The number of carboxylic acid groups (broad SMARTS) is 1. The van der Waals surface area contributed by atoms with Gasteiger partial charge < -0.3 is 9.84 Å². The normalized spacial score (nSPS) is 33.7. The molecular weight excluding hydrogens is 192 g/mol. The van der Waals surface area contributed by atoms with E-state index in [-0.39, 0.29) is 18.6 Å². The van der Waals surface area contributed by atoms with Crippen LogP contribution in [0.15, 0.2) is 0 Å². The molecule has 4 atom stereocenters. The Bertz CT molecular complexity index is 215. The highest BCUT2D eigenvalue weighted by atomic mass is 16.5. The summed E-state index contributed by atoms with van der Waals surface area (Å²) in [6.07, 6.45) is 3.57. The lowest BCUT2D eigenvalue weighted by atomic mass is 9.80. The molecule has 1 rings (SSSR count). The van der Waals surface area contributed by atoms with Crippen molar-refractivity contribution in [2.24, 2.45) is 11.8 Å². The molecule has 0 amide bonds. The minimum atomic E-state index is -0.778. The number of carboxylic acids is 1. The zero-order valence-corrected chi connectivity index (χ0v) is 9.90. The third-order valence-electron chi connectivity index (χ3n) is 3.44. The van der Waals surface area contributed by atoms with Crippen LogP contribution < -0.4 is 0 Å². The fourth-order valence-electron chi connectivity index (χ4n) is 2.24. The summed E-state index contributed by atoms with van der Waals surface area (Å²) in [5.74, 6) is 0.695. The predicted molar refractivity (Wildman–Crippen MR) is 58.8 cm³/mol. The van der Waals surface area contributed by atoms with Gasteiger partial charge >= 0.3 is 5.97 Å². The van der Waals surface area contributed by atoms with E-state index in [1.165, 1.54) is 6.42 Å². The molecule has 0 saturated heterocycles. The average Bonchev–Trinajstić information content (AvgIpc) is 2.10. The standard InChI is InChI=1S/C12H22O3/c1-8-4-5-11(6-9(8)2)15-10(3)7-12(13)14/h8-11H,4-7H2,1-3H3,(H,13,14)/t8?,9?,10-,11?/m1/s1. The summed E-state index contributed by atoms with van der Waals surface area (Å²) in [5.41, 5.74) is 0. The lowest BCUT2D eigenvalue weighted by molar-refractivity contribution is -0.141. The summed E-state index contributed by atoms with van der Waals surface area (Å²) in [6, 6.07) is 0. The molecule has 1 saturated carbocycles. The van der Waals surface area contributed by atoms with E-state index in [4.69, 9.17) is 9.84 Å². The molecule has 1 aliphatic carbocycles. The van der Waals surface area contributed by atoms with Crippen LogP contribution in [0.25, 0.3) is 0 Å². The molecular formula is C12H22O3. The summed E-state index contributed by atoms with van der Waals surface area (Å²) in [4.78, 5) is 10.5. The molecule has 1 N–H and O–H groups in total. The van der Waals surface area contributed by atoms with Gasteiger partial charge in [-0.15, -0.1) is 0 Å². The van der Waals surface area contributed by atoms with Crippen molar-refractivity contribution in [3.63, 3.8) is 0 Å². The fourth-order valence-corrected chi connectivity index (χ4v) is 2.24. The van der Waals surface area contributed by atoms with Crippen molar-refractivity contribution in [1.29, 1.82) is 0 Å². The van der Waals surface area contributed by atoms with Gasteiger partial charge in [0.1, 0.15) is 0 Å². The first-order chi connectivity index (χ1) is 6.99. The molecule has 88 valence electrons. The Balaban J connectivity index is 2.30. The first-order valence-electron chi connectivity index (χ1n) is 5.86. The van der Waals surface area contributed by atoms with Crippen LogP contribution in [0.3, 0.4) is 0 Å². The van der Waals surface area contributed by atoms with Gasteiger partial charge in [0.15, 0.2) is 0 Å². The lowest BCUT2D eigenvalue weighted by Crippen LogP contribution is -2.30. The van der Waals surface area contributed by atoms with E-state index in [0.29, 0.717) is 5.92 Å². The van der Waals surface area contributed by atoms with Gasteiger partial charge in [-0.1, -0.05) is 13.8 Å². The summed E-state index contributed by atoms with van der Waals surface area (Å²) >= 11 is 0. The molecule has 1 aliphatic rings. The van der Waals surface area contributed by atoms with E-state index >= 15 is 0 Å². The second-order valence-electron chi connectivity index (χ2n) is 4.93. The van der Waals surface area contributed by atoms with E-state index < -0.39 is 5.97 Å². The molecule has 0 radical (unpaired) electrons. The molecule has 3 heteroatoms. The Morgan fingerprint density at radius 3 is 2.60 bits per heavy atom. The van der Waals surface area contributed by atoms with E-state index in [1.54, 1.807) is 0 Å². The Labute approximate surface area is 91.8 Å². The topological polar surface area (TPSA) is 46.5 Å². The van der Waals surface area contributed by atoms with Crippen molar-refractivity contribution in [3.8, 4) is 0 Å². The van der Waals surface area contributed by atoms with Crippen LogP contribution in [-0.4, -0.2) is 23.3 Å². The lowest BCUT2D eigenvalue weighted by Gasteiger charge is -2.33. The summed E-state index contributed by atoms with van der Waals surface area (Å²) in [5, 5.41) is 8.63. The number of aliphatic carboxylic acids is 1. The molecule has 0 aromatic heterocycles. The Hall–Kier alpha value is -0.570. The number of carbonyl (C=O) groups is 1. The Kier molecular flexibility index (Phi) is 4.58. The van der Waals surface area contributed by atoms with Crippen molar-refractivity contribution in [3.05, 3.63) is 0 Å². The van der Waals surface area contributed by atoms with Crippen LogP contribution in [0.1, 0.15) is 46.5 Å². The van der Waals surface area contributed by atoms with Crippen molar-refractivity contribution in [1.82, 2.24) is 0 Å². The number of hydrogen-bond donors (Lipinski definition) is 1. The van der Waals surface area contributed by atoms with Gasteiger partial charge in [0.25, 0.3) is 0 Å². The van der Waals surface area contributed by atoms with Crippen LogP contribution in [0, 0.1) is 11.8 Å². The van der Waals surface area contributed by atoms with E-state index in [2.05, 4.69) is 13.8 Å². The fraction of sp³-hybridized carbons (Fsp3) is 0.917. The number of hydrogen-bond acceptors (Lipinski definition) is 2. The number of rotatable bonds is 4. The number of ether oxygens (including phenoxy) is 1. The van der Waals surface area contributed by atoms with Crippen LogP contribution in [-0.2, 0) is 9.53 Å². The van der Waals surface area contributed by atoms with Crippen LogP contribution in [0.2, 0.25) is 0 Å². The van der Waals surface area contributed by atoms with Gasteiger partial charge in [-0.05, 0) is 38.0 Å². The van der Waals surface area contributed by atoms with Gasteiger partial charge in [0, 0.05) is 0 Å². The highest BCUT2D eigenvalue weighted by molar-refractivity contribution is 5.67.